The molecule has 0 aliphatic rings. The van der Waals surface area contributed by atoms with Gasteiger partial charge in [0.25, 0.3) is 0 Å². The van der Waals surface area contributed by atoms with Crippen LogP contribution in [0.2, 0.25) is 0 Å². The fourth-order valence-electron chi connectivity index (χ4n) is 2.26. The van der Waals surface area contributed by atoms with Gasteiger partial charge in [0.1, 0.15) is 11.6 Å². The summed E-state index contributed by atoms with van der Waals surface area (Å²) in [6, 6.07) is 11.0. The number of alkyl halides is 3. The Bertz CT molecular complexity index is 851. The number of nitrogens with zero attached hydrogens (tertiary/aromatic N) is 2. The molecular weight excluding hydrogens is 319 g/mol. The predicted molar refractivity (Wildman–Crippen MR) is 84.0 cm³/mol. The summed E-state index contributed by atoms with van der Waals surface area (Å²) in [7, 11) is 0. The van der Waals surface area contributed by atoms with Crippen LogP contribution in [0.15, 0.2) is 61.1 Å². The van der Waals surface area contributed by atoms with Gasteiger partial charge < -0.3 is 10.5 Å². The van der Waals surface area contributed by atoms with Crippen molar-refractivity contribution < 1.29 is 17.9 Å². The molecule has 0 spiro atoms. The lowest BCUT2D eigenvalue weighted by atomic mass is 10.0. The van der Waals surface area contributed by atoms with Gasteiger partial charge in [-0.25, -0.2) is 4.98 Å². The molecule has 2 N–H and O–H groups in total. The maximum Gasteiger partial charge on any atom is 0.573 e. The van der Waals surface area contributed by atoms with E-state index in [2.05, 4.69) is 14.7 Å². The largest absolute Gasteiger partial charge is 0.573 e. The molecule has 7 heteroatoms. The smallest absolute Gasteiger partial charge is 0.406 e. The van der Waals surface area contributed by atoms with Gasteiger partial charge in [-0.05, 0) is 29.8 Å². The van der Waals surface area contributed by atoms with Gasteiger partial charge in [-0.3, -0.25) is 4.98 Å². The first-order chi connectivity index (χ1) is 11.4. The second-order valence-electron chi connectivity index (χ2n) is 4.97. The van der Waals surface area contributed by atoms with Crippen LogP contribution in [0.5, 0.6) is 5.75 Å². The van der Waals surface area contributed by atoms with Crippen molar-refractivity contribution in [1.29, 1.82) is 0 Å². The summed E-state index contributed by atoms with van der Waals surface area (Å²) >= 11 is 0. The third kappa shape index (κ3) is 3.62. The van der Waals surface area contributed by atoms with Crippen LogP contribution in [0.25, 0.3) is 22.3 Å². The molecule has 4 nitrogen and oxygen atoms in total. The standard InChI is InChI=1S/C17H12F3N3O/c18-17(19,20)24-14-5-1-3-11(7-14)13-8-15(16(21)23-10-13)12-4-2-6-22-9-12/h1-10H,(H2,21,23). The summed E-state index contributed by atoms with van der Waals surface area (Å²) in [5.74, 6) is 0.0224. The zero-order valence-corrected chi connectivity index (χ0v) is 12.3. The van der Waals surface area contributed by atoms with E-state index in [1.807, 2.05) is 6.07 Å². The average Bonchev–Trinajstić information content (AvgIpc) is 2.55. The number of ether oxygens (including phenoxy) is 1. The van der Waals surface area contributed by atoms with E-state index in [0.29, 0.717) is 22.5 Å². The van der Waals surface area contributed by atoms with E-state index >= 15 is 0 Å². The Morgan fingerprint density at radius 2 is 1.71 bits per heavy atom. The Morgan fingerprint density at radius 1 is 0.917 bits per heavy atom. The fraction of sp³-hybridized carbons (Fsp3) is 0.0588. The SMILES string of the molecule is Nc1ncc(-c2cccc(OC(F)(F)F)c2)cc1-c1cccnc1. The number of nitrogens with two attached hydrogens (primary N) is 1. The van der Waals surface area contributed by atoms with Gasteiger partial charge in [-0.2, -0.15) is 0 Å². The summed E-state index contributed by atoms with van der Waals surface area (Å²) in [5, 5.41) is 0. The average molecular weight is 331 g/mol. The summed E-state index contributed by atoms with van der Waals surface area (Å²) in [5.41, 5.74) is 8.48. The van der Waals surface area contributed by atoms with Gasteiger partial charge in [0.05, 0.1) is 0 Å². The van der Waals surface area contributed by atoms with Crippen molar-refractivity contribution in [2.24, 2.45) is 0 Å². The zero-order valence-electron chi connectivity index (χ0n) is 12.3. The van der Waals surface area contributed by atoms with Gasteiger partial charge in [-0.15, -0.1) is 13.2 Å². The highest BCUT2D eigenvalue weighted by molar-refractivity contribution is 5.79. The molecule has 24 heavy (non-hydrogen) atoms. The molecule has 0 fully saturated rings. The van der Waals surface area contributed by atoms with Crippen molar-refractivity contribution >= 4 is 5.82 Å². The first-order valence-electron chi connectivity index (χ1n) is 6.94. The van der Waals surface area contributed by atoms with Gasteiger partial charge in [0.15, 0.2) is 0 Å². The Labute approximate surface area is 135 Å². The van der Waals surface area contributed by atoms with Crippen molar-refractivity contribution in [2.75, 3.05) is 5.73 Å². The molecule has 3 rings (SSSR count). The van der Waals surface area contributed by atoms with Crippen LogP contribution in [0, 0.1) is 0 Å². The summed E-state index contributed by atoms with van der Waals surface area (Å²) in [4.78, 5) is 8.15. The maximum absolute atomic E-state index is 12.4. The monoisotopic (exact) mass is 331 g/mol. The number of hydrogen-bond acceptors (Lipinski definition) is 4. The van der Waals surface area contributed by atoms with E-state index in [-0.39, 0.29) is 5.75 Å². The van der Waals surface area contributed by atoms with E-state index in [0.717, 1.165) is 5.56 Å². The van der Waals surface area contributed by atoms with E-state index < -0.39 is 6.36 Å². The molecule has 0 aliphatic heterocycles. The second kappa shape index (κ2) is 6.19. The Kier molecular flexibility index (Phi) is 4.07. The van der Waals surface area contributed by atoms with Crippen molar-refractivity contribution in [3.63, 3.8) is 0 Å². The molecular formula is C17H12F3N3O. The van der Waals surface area contributed by atoms with Crippen LogP contribution in [-0.4, -0.2) is 16.3 Å². The van der Waals surface area contributed by atoms with E-state index in [4.69, 9.17) is 5.73 Å². The van der Waals surface area contributed by atoms with E-state index in [9.17, 15) is 13.2 Å². The molecule has 0 atom stereocenters. The van der Waals surface area contributed by atoms with Crippen LogP contribution < -0.4 is 10.5 Å². The lowest BCUT2D eigenvalue weighted by molar-refractivity contribution is -0.274. The number of anilines is 1. The number of rotatable bonds is 3. The first kappa shape index (κ1) is 15.8. The van der Waals surface area contributed by atoms with Crippen LogP contribution in [0.3, 0.4) is 0 Å². The van der Waals surface area contributed by atoms with E-state index in [1.165, 1.54) is 24.4 Å². The van der Waals surface area contributed by atoms with Gasteiger partial charge in [-0.1, -0.05) is 18.2 Å². The molecule has 0 radical (unpaired) electrons. The topological polar surface area (TPSA) is 61.0 Å². The van der Waals surface area contributed by atoms with Gasteiger partial charge >= 0.3 is 6.36 Å². The second-order valence-corrected chi connectivity index (χ2v) is 4.97. The molecule has 0 amide bonds. The normalized spacial score (nSPS) is 11.3. The first-order valence-corrected chi connectivity index (χ1v) is 6.94. The minimum absolute atomic E-state index is 0.292. The highest BCUT2D eigenvalue weighted by Gasteiger charge is 2.31. The molecule has 0 aliphatic carbocycles. The number of aromatic nitrogens is 2. The van der Waals surface area contributed by atoms with Crippen molar-refractivity contribution in [3.05, 3.63) is 61.1 Å². The number of halogens is 3. The minimum Gasteiger partial charge on any atom is -0.406 e. The highest BCUT2D eigenvalue weighted by atomic mass is 19.4. The van der Waals surface area contributed by atoms with Crippen molar-refractivity contribution in [1.82, 2.24) is 9.97 Å². The molecule has 0 saturated carbocycles. The molecule has 0 saturated heterocycles. The highest BCUT2D eigenvalue weighted by Crippen LogP contribution is 2.31. The molecule has 2 heterocycles. The number of pyridine rings is 2. The molecule has 3 aromatic rings. The third-order valence-corrected chi connectivity index (χ3v) is 3.29. The molecule has 2 aromatic heterocycles. The van der Waals surface area contributed by atoms with Gasteiger partial charge in [0, 0.05) is 35.3 Å². The predicted octanol–water partition coefficient (Wildman–Crippen LogP) is 4.29. The summed E-state index contributed by atoms with van der Waals surface area (Å²) in [6.07, 6.45) is 0.0377. The number of nitrogen functional groups attached to an aromatic ring is 1. The molecule has 1 aromatic carbocycles. The maximum atomic E-state index is 12.4. The van der Waals surface area contributed by atoms with Crippen molar-refractivity contribution in [2.45, 2.75) is 6.36 Å². The van der Waals surface area contributed by atoms with Crippen LogP contribution in [0.1, 0.15) is 0 Å². The lowest BCUT2D eigenvalue weighted by Gasteiger charge is -2.11. The molecule has 0 unspecified atom stereocenters. The lowest BCUT2D eigenvalue weighted by Crippen LogP contribution is -2.17. The Balaban J connectivity index is 2.00. The van der Waals surface area contributed by atoms with Crippen LogP contribution >= 0.6 is 0 Å². The summed E-state index contributed by atoms with van der Waals surface area (Å²) < 4.78 is 41.0. The Hall–Kier alpha value is -3.09. The molecule has 122 valence electrons. The van der Waals surface area contributed by atoms with Gasteiger partial charge in [0.2, 0.25) is 0 Å². The van der Waals surface area contributed by atoms with Crippen LogP contribution in [0.4, 0.5) is 19.0 Å². The van der Waals surface area contributed by atoms with E-state index in [1.54, 1.807) is 30.6 Å². The summed E-state index contributed by atoms with van der Waals surface area (Å²) in [6.45, 7) is 0. The van der Waals surface area contributed by atoms with Crippen LogP contribution in [-0.2, 0) is 0 Å². The number of hydrogen-bond donors (Lipinski definition) is 1. The molecule has 0 bridgehead atoms. The number of benzene rings is 1. The quantitative estimate of drug-likeness (QED) is 0.778. The minimum atomic E-state index is -4.74. The Morgan fingerprint density at radius 3 is 2.42 bits per heavy atom. The fourth-order valence-corrected chi connectivity index (χ4v) is 2.26. The third-order valence-electron chi connectivity index (χ3n) is 3.29. The zero-order chi connectivity index (χ0) is 17.2. The van der Waals surface area contributed by atoms with Crippen molar-refractivity contribution in [3.8, 4) is 28.0 Å².